The minimum atomic E-state index is -0.828. The van der Waals surface area contributed by atoms with Gasteiger partial charge in [-0.3, -0.25) is 9.69 Å². The van der Waals surface area contributed by atoms with Crippen LogP contribution in [0, 0.1) is 0 Å². The van der Waals surface area contributed by atoms with Gasteiger partial charge in [-0.15, -0.1) is 0 Å². The maximum atomic E-state index is 12.0. The molecule has 1 rings (SSSR count). The number of nitrogens with zero attached hydrogens (tertiary/aromatic N) is 2. The van der Waals surface area contributed by atoms with E-state index in [0.717, 1.165) is 25.8 Å². The molecule has 1 N–H and O–H groups in total. The largest absolute Gasteiger partial charge is 0.481 e. The molecule has 0 aromatic heterocycles. The van der Waals surface area contributed by atoms with Gasteiger partial charge >= 0.3 is 12.1 Å². The van der Waals surface area contributed by atoms with Crippen molar-refractivity contribution in [3.8, 4) is 0 Å². The molecule has 6 heteroatoms. The third kappa shape index (κ3) is 5.16. The summed E-state index contributed by atoms with van der Waals surface area (Å²) in [6.45, 7) is 9.29. The van der Waals surface area contributed by atoms with E-state index in [2.05, 4.69) is 11.8 Å². The molecule has 6 nitrogen and oxygen atoms in total. The smallest absolute Gasteiger partial charge is 0.410 e. The molecule has 1 amide bonds. The van der Waals surface area contributed by atoms with Crippen LogP contribution in [0.15, 0.2) is 0 Å². The third-order valence-corrected chi connectivity index (χ3v) is 4.01. The SMILES string of the molecule is CCCCCN(C)C1(CC(=O)O)CN(C(=O)OC(C)(C)C)C1. The normalized spacial score (nSPS) is 17.3. The van der Waals surface area contributed by atoms with Crippen LogP contribution in [0.4, 0.5) is 4.79 Å². The van der Waals surface area contributed by atoms with Gasteiger partial charge in [0.15, 0.2) is 0 Å². The first-order valence-electron chi connectivity index (χ1n) is 8.00. The van der Waals surface area contributed by atoms with E-state index in [1.165, 1.54) is 0 Å². The van der Waals surface area contributed by atoms with E-state index in [4.69, 9.17) is 4.74 Å². The lowest BCUT2D eigenvalue weighted by atomic mass is 9.84. The number of amides is 1. The van der Waals surface area contributed by atoms with Crippen molar-refractivity contribution in [2.75, 3.05) is 26.7 Å². The molecule has 0 spiro atoms. The average Bonchev–Trinajstić information content (AvgIpc) is 2.30. The molecule has 0 saturated carbocycles. The molecular formula is C16H30N2O4. The van der Waals surface area contributed by atoms with Gasteiger partial charge in [0.25, 0.3) is 0 Å². The number of carbonyl (C=O) groups is 2. The van der Waals surface area contributed by atoms with Gasteiger partial charge in [0.2, 0.25) is 0 Å². The van der Waals surface area contributed by atoms with Crippen LogP contribution >= 0.6 is 0 Å². The first-order valence-corrected chi connectivity index (χ1v) is 8.00. The van der Waals surface area contributed by atoms with Gasteiger partial charge in [0.1, 0.15) is 5.60 Å². The predicted molar refractivity (Wildman–Crippen MR) is 84.9 cm³/mol. The number of aliphatic carboxylic acids is 1. The molecule has 0 radical (unpaired) electrons. The fraction of sp³-hybridized carbons (Fsp3) is 0.875. The summed E-state index contributed by atoms with van der Waals surface area (Å²) in [5, 5.41) is 9.18. The number of likely N-dealkylation sites (N-methyl/N-ethyl adjacent to an activating group) is 1. The van der Waals surface area contributed by atoms with Gasteiger partial charge < -0.3 is 14.7 Å². The van der Waals surface area contributed by atoms with Crippen molar-refractivity contribution < 1.29 is 19.4 Å². The molecule has 0 bridgehead atoms. The maximum Gasteiger partial charge on any atom is 0.410 e. The second-order valence-electron chi connectivity index (χ2n) is 7.26. The van der Waals surface area contributed by atoms with Crippen LogP contribution < -0.4 is 0 Å². The van der Waals surface area contributed by atoms with Crippen LogP contribution in [0.5, 0.6) is 0 Å². The molecular weight excluding hydrogens is 284 g/mol. The van der Waals surface area contributed by atoms with Crippen molar-refractivity contribution in [1.82, 2.24) is 9.80 Å². The molecule has 0 aliphatic carbocycles. The lowest BCUT2D eigenvalue weighted by molar-refractivity contribution is -0.145. The fourth-order valence-corrected chi connectivity index (χ4v) is 2.73. The zero-order chi connectivity index (χ0) is 17.0. The molecule has 0 aromatic rings. The first kappa shape index (κ1) is 18.7. The molecule has 1 heterocycles. The molecule has 0 atom stereocenters. The van der Waals surface area contributed by atoms with Crippen LogP contribution in [-0.4, -0.2) is 64.8 Å². The molecule has 1 fully saturated rings. The quantitative estimate of drug-likeness (QED) is 0.731. The highest BCUT2D eigenvalue weighted by Gasteiger charge is 2.50. The Kier molecular flexibility index (Phi) is 6.23. The van der Waals surface area contributed by atoms with E-state index in [1.54, 1.807) is 4.90 Å². The fourth-order valence-electron chi connectivity index (χ4n) is 2.73. The van der Waals surface area contributed by atoms with E-state index >= 15 is 0 Å². The average molecular weight is 314 g/mol. The molecule has 1 aliphatic rings. The van der Waals surface area contributed by atoms with E-state index in [0.29, 0.717) is 13.1 Å². The lowest BCUT2D eigenvalue weighted by Crippen LogP contribution is -2.71. The number of ether oxygens (including phenoxy) is 1. The monoisotopic (exact) mass is 314 g/mol. The second kappa shape index (κ2) is 7.31. The predicted octanol–water partition coefficient (Wildman–Crippen LogP) is 2.57. The van der Waals surface area contributed by atoms with E-state index in [-0.39, 0.29) is 12.5 Å². The number of carboxylic acids is 1. The number of likely N-dealkylation sites (tertiary alicyclic amines) is 1. The van der Waals surface area contributed by atoms with E-state index in [1.807, 2.05) is 27.8 Å². The Balaban J connectivity index is 2.62. The number of hydrogen-bond acceptors (Lipinski definition) is 4. The Morgan fingerprint density at radius 1 is 1.27 bits per heavy atom. The number of carboxylic acid groups (broad SMARTS) is 1. The van der Waals surface area contributed by atoms with Crippen molar-refractivity contribution in [2.45, 2.75) is 64.5 Å². The van der Waals surface area contributed by atoms with Crippen molar-refractivity contribution in [2.24, 2.45) is 0 Å². The number of rotatable bonds is 7. The number of unbranched alkanes of at least 4 members (excludes halogenated alkanes) is 2. The Bertz CT molecular complexity index is 397. The Morgan fingerprint density at radius 3 is 2.32 bits per heavy atom. The summed E-state index contributed by atoms with van der Waals surface area (Å²) in [4.78, 5) is 26.9. The van der Waals surface area contributed by atoms with Gasteiger partial charge in [-0.25, -0.2) is 4.79 Å². The van der Waals surface area contributed by atoms with Crippen LogP contribution in [0.3, 0.4) is 0 Å². The van der Waals surface area contributed by atoms with Gasteiger partial charge in [0.05, 0.1) is 12.0 Å². The Hall–Kier alpha value is -1.30. The van der Waals surface area contributed by atoms with Crippen LogP contribution in [0.25, 0.3) is 0 Å². The summed E-state index contributed by atoms with van der Waals surface area (Å²) >= 11 is 0. The molecule has 1 saturated heterocycles. The zero-order valence-corrected chi connectivity index (χ0v) is 14.5. The van der Waals surface area contributed by atoms with Crippen molar-refractivity contribution in [3.63, 3.8) is 0 Å². The van der Waals surface area contributed by atoms with Crippen LogP contribution in [0.1, 0.15) is 53.4 Å². The van der Waals surface area contributed by atoms with Crippen LogP contribution in [-0.2, 0) is 9.53 Å². The topological polar surface area (TPSA) is 70.1 Å². The summed E-state index contributed by atoms with van der Waals surface area (Å²) in [6, 6.07) is 0. The zero-order valence-electron chi connectivity index (χ0n) is 14.5. The molecule has 0 aromatic carbocycles. The van der Waals surface area contributed by atoms with E-state index in [9.17, 15) is 14.7 Å². The van der Waals surface area contributed by atoms with Gasteiger partial charge in [-0.2, -0.15) is 0 Å². The molecule has 0 unspecified atom stereocenters. The minimum Gasteiger partial charge on any atom is -0.481 e. The lowest BCUT2D eigenvalue weighted by Gasteiger charge is -2.54. The summed E-state index contributed by atoms with van der Waals surface area (Å²) in [5.74, 6) is -0.828. The summed E-state index contributed by atoms with van der Waals surface area (Å²) < 4.78 is 5.34. The van der Waals surface area contributed by atoms with E-state index < -0.39 is 17.1 Å². The van der Waals surface area contributed by atoms with Crippen LogP contribution in [0.2, 0.25) is 0 Å². The van der Waals surface area contributed by atoms with Crippen molar-refractivity contribution >= 4 is 12.1 Å². The van der Waals surface area contributed by atoms with Gasteiger partial charge in [-0.05, 0) is 40.8 Å². The standard InChI is InChI=1S/C16H30N2O4/c1-6-7-8-9-17(5)16(10-13(19)20)11-18(12-16)14(21)22-15(2,3)4/h6-12H2,1-5H3,(H,19,20). The summed E-state index contributed by atoms with van der Waals surface area (Å²) in [5.41, 5.74) is -0.994. The third-order valence-electron chi connectivity index (χ3n) is 4.01. The summed E-state index contributed by atoms with van der Waals surface area (Å²) in [7, 11) is 1.95. The molecule has 128 valence electrons. The Labute approximate surface area is 133 Å². The van der Waals surface area contributed by atoms with Crippen molar-refractivity contribution in [3.05, 3.63) is 0 Å². The van der Waals surface area contributed by atoms with Gasteiger partial charge in [-0.1, -0.05) is 19.8 Å². The number of hydrogen-bond donors (Lipinski definition) is 1. The first-order chi connectivity index (χ1) is 10.1. The highest BCUT2D eigenvalue weighted by molar-refractivity contribution is 5.73. The Morgan fingerprint density at radius 2 is 1.86 bits per heavy atom. The maximum absolute atomic E-state index is 12.0. The second-order valence-corrected chi connectivity index (χ2v) is 7.26. The highest BCUT2D eigenvalue weighted by Crippen LogP contribution is 2.32. The minimum absolute atomic E-state index is 0.0505. The molecule has 22 heavy (non-hydrogen) atoms. The van der Waals surface area contributed by atoms with Gasteiger partial charge in [0, 0.05) is 13.1 Å². The number of carbonyl (C=O) groups excluding carboxylic acids is 1. The highest BCUT2D eigenvalue weighted by atomic mass is 16.6. The summed E-state index contributed by atoms with van der Waals surface area (Å²) in [6.07, 6.45) is 2.98. The molecule has 1 aliphatic heterocycles. The van der Waals surface area contributed by atoms with Crippen molar-refractivity contribution in [1.29, 1.82) is 0 Å².